The lowest BCUT2D eigenvalue weighted by Gasteiger charge is -2.32. The van der Waals surface area contributed by atoms with Crippen LogP contribution >= 0.6 is 41.0 Å². The second kappa shape index (κ2) is 18.7. The third kappa shape index (κ3) is 9.64. The summed E-state index contributed by atoms with van der Waals surface area (Å²) in [7, 11) is -1.88. The van der Waals surface area contributed by atoms with Gasteiger partial charge in [0.05, 0.1) is 29.6 Å². The molecule has 4 heterocycles. The molecule has 1 saturated heterocycles. The van der Waals surface area contributed by atoms with E-state index < -0.39 is 26.2 Å². The molecule has 59 heavy (non-hydrogen) atoms. The van der Waals surface area contributed by atoms with Gasteiger partial charge in [0.1, 0.15) is 23.1 Å². The molecule has 1 aromatic heterocycles. The molecule has 3 aliphatic rings. The summed E-state index contributed by atoms with van der Waals surface area (Å²) in [5.41, 5.74) is 2.58. The highest BCUT2D eigenvalue weighted by molar-refractivity contribution is 8.76. The minimum Gasteiger partial charge on any atom is -0.493 e. The van der Waals surface area contributed by atoms with Gasteiger partial charge >= 0.3 is 13.9 Å². The predicted molar refractivity (Wildman–Crippen MR) is 229 cm³/mol. The molecule has 0 bridgehead atoms. The molecule has 3 amide bonds. The van der Waals surface area contributed by atoms with E-state index in [1.54, 1.807) is 40.3 Å². The third-order valence-corrected chi connectivity index (χ3v) is 14.2. The summed E-state index contributed by atoms with van der Waals surface area (Å²) in [6.45, 7) is 4.94. The van der Waals surface area contributed by atoms with Gasteiger partial charge in [0, 0.05) is 60.3 Å². The van der Waals surface area contributed by atoms with Crippen molar-refractivity contribution in [1.29, 1.82) is 0 Å². The number of rotatable bonds is 15. The van der Waals surface area contributed by atoms with Crippen molar-refractivity contribution in [1.82, 2.24) is 9.88 Å². The summed E-state index contributed by atoms with van der Waals surface area (Å²) in [6.07, 6.45) is 2.92. The van der Waals surface area contributed by atoms with Gasteiger partial charge in [-0.2, -0.15) is 0 Å². The number of carbonyl (C=O) groups is 3. The van der Waals surface area contributed by atoms with Crippen molar-refractivity contribution in [2.24, 2.45) is 0 Å². The quantitative estimate of drug-likeness (QED) is 0.0453. The van der Waals surface area contributed by atoms with Gasteiger partial charge in [0.15, 0.2) is 6.23 Å². The first-order chi connectivity index (χ1) is 28.3. The summed E-state index contributed by atoms with van der Waals surface area (Å²) in [4.78, 5) is 69.1. The highest BCUT2D eigenvalue weighted by Crippen LogP contribution is 2.49. The molecule has 3 N–H and O–H groups in total. The van der Waals surface area contributed by atoms with Gasteiger partial charge in [-0.1, -0.05) is 41.1 Å². The molecule has 18 heteroatoms. The van der Waals surface area contributed by atoms with Crippen molar-refractivity contribution in [2.45, 2.75) is 80.8 Å². The number of phosphoric ester groups is 1. The fourth-order valence-corrected chi connectivity index (χ4v) is 10.4. The van der Waals surface area contributed by atoms with Gasteiger partial charge in [-0.15, -0.1) is 11.6 Å². The van der Waals surface area contributed by atoms with Crippen LogP contribution in [0.5, 0.6) is 11.5 Å². The molecular formula is C41H46ClN4O10PS2. The largest absolute Gasteiger partial charge is 0.524 e. The van der Waals surface area contributed by atoms with Crippen molar-refractivity contribution in [3.05, 3.63) is 83.6 Å². The Morgan fingerprint density at radius 3 is 2.54 bits per heavy atom. The van der Waals surface area contributed by atoms with Crippen LogP contribution in [-0.2, 0) is 14.1 Å². The summed E-state index contributed by atoms with van der Waals surface area (Å²) < 4.78 is 28.8. The monoisotopic (exact) mass is 884 g/mol. The molecule has 0 spiro atoms. The number of alkyl halides is 1. The van der Waals surface area contributed by atoms with Gasteiger partial charge in [-0.05, 0) is 91.5 Å². The van der Waals surface area contributed by atoms with Crippen LogP contribution in [0.3, 0.4) is 0 Å². The zero-order chi connectivity index (χ0) is 41.8. The predicted octanol–water partition coefficient (Wildman–Crippen LogP) is 8.03. The minimum atomic E-state index is -4.87. The third-order valence-electron chi connectivity index (χ3n) is 10.7. The Bertz CT molecular complexity index is 2250. The molecule has 4 atom stereocenters. The van der Waals surface area contributed by atoms with E-state index in [1.807, 2.05) is 44.2 Å². The molecule has 314 valence electrons. The number of hydrogen-bond acceptors (Lipinski definition) is 11. The van der Waals surface area contributed by atoms with Crippen molar-refractivity contribution in [3.8, 4) is 11.5 Å². The molecule has 14 nitrogen and oxygen atoms in total. The number of unbranched alkanes of at least 4 members (excludes halogenated alkanes) is 2. The number of anilines is 2. The second-order valence-corrected chi connectivity index (χ2v) is 18.9. The lowest BCUT2D eigenvalue weighted by Crippen LogP contribution is -2.51. The highest BCUT2D eigenvalue weighted by Gasteiger charge is 2.45. The van der Waals surface area contributed by atoms with E-state index in [0.29, 0.717) is 74.2 Å². The lowest BCUT2D eigenvalue weighted by molar-refractivity contribution is -0.118. The number of pyridine rings is 1. The molecule has 3 aromatic carbocycles. The first kappa shape index (κ1) is 43.1. The Balaban J connectivity index is 0.985. The number of phosphoric acid groups is 1. The molecule has 3 aliphatic heterocycles. The zero-order valence-corrected chi connectivity index (χ0v) is 35.9. The van der Waals surface area contributed by atoms with E-state index in [9.17, 15) is 33.8 Å². The van der Waals surface area contributed by atoms with Crippen LogP contribution in [0, 0.1) is 6.92 Å². The normalized spacial score (nSPS) is 19.3. The Labute approximate surface area is 355 Å². The highest BCUT2D eigenvalue weighted by atomic mass is 35.5. The van der Waals surface area contributed by atoms with Crippen LogP contribution < -0.4 is 19.1 Å². The number of benzene rings is 3. The second-order valence-electron chi connectivity index (χ2n) is 14.8. The smallest absolute Gasteiger partial charge is 0.493 e. The first-order valence-corrected chi connectivity index (χ1v) is 23.8. The molecule has 0 aliphatic carbocycles. The van der Waals surface area contributed by atoms with Crippen molar-refractivity contribution in [2.75, 3.05) is 42.0 Å². The summed E-state index contributed by atoms with van der Waals surface area (Å²) >= 11 is 6.37. The maximum atomic E-state index is 13.8. The Morgan fingerprint density at radius 2 is 1.80 bits per heavy atom. The number of nitrogens with zero attached hydrogens (tertiary/aromatic N) is 4. The standard InChI is InChI=1S/C41H46ClN4O10PS2/c1-25-19-30-32(46(40(49)31-13-10-17-44(31)39(30)48)41(50)55-24-26(2)58-59-36-14-7-8-16-43-36)20-34(25)54-18-9-3-4-15-37(47)45-23-27(22-42)38-29-12-6-5-11-28(29)35(21-33(38)45)56-57(51,52)53/h5-8,11-12,14,16,19-21,26-27,31,40,49H,3-4,9-10,13,15,17-18,22-24H2,1-2H3,(H2,51,52,53)/t26?,27-,31+,40?/m1/s1. The topological polar surface area (TPSA) is 179 Å². The summed E-state index contributed by atoms with van der Waals surface area (Å²) in [5, 5.41) is 13.6. The van der Waals surface area contributed by atoms with Gasteiger partial charge in [0.2, 0.25) is 5.91 Å². The maximum Gasteiger partial charge on any atom is 0.524 e. The number of aromatic nitrogens is 1. The summed E-state index contributed by atoms with van der Waals surface area (Å²) in [5.74, 6) is 0.132. The van der Waals surface area contributed by atoms with Crippen LogP contribution in [0.4, 0.5) is 16.2 Å². The number of fused-ring (bicyclic) bond motifs is 5. The molecule has 1 fully saturated rings. The van der Waals surface area contributed by atoms with E-state index in [0.717, 1.165) is 16.0 Å². The SMILES string of the molecule is Cc1cc2c(cc1OCCCCCC(=O)N1C[C@@H](CCl)c3c1cc(OP(=O)(O)O)c1ccccc31)N(C(=O)OCC(C)SSc1ccccn1)C(O)[C@@H]1CCCN1C2=O. The van der Waals surface area contributed by atoms with E-state index in [2.05, 4.69) is 4.98 Å². The minimum absolute atomic E-state index is 0.00873. The molecule has 7 rings (SSSR count). The number of hydrogen-bond donors (Lipinski definition) is 3. The molecule has 4 aromatic rings. The van der Waals surface area contributed by atoms with E-state index in [1.165, 1.54) is 32.6 Å². The summed E-state index contributed by atoms with van der Waals surface area (Å²) in [6, 6.07) is 17.0. The Hall–Kier alpha value is -4.02. The number of ether oxygens (including phenoxy) is 2. The van der Waals surface area contributed by atoms with E-state index >= 15 is 0 Å². The van der Waals surface area contributed by atoms with Crippen LogP contribution in [0.25, 0.3) is 10.8 Å². The molecular weight excluding hydrogens is 839 g/mol. The molecule has 0 radical (unpaired) electrons. The van der Waals surface area contributed by atoms with Crippen LogP contribution in [-0.4, -0.2) is 92.4 Å². The van der Waals surface area contributed by atoms with Crippen LogP contribution in [0.15, 0.2) is 71.9 Å². The van der Waals surface area contributed by atoms with Crippen molar-refractivity contribution in [3.63, 3.8) is 0 Å². The van der Waals surface area contributed by atoms with Gasteiger partial charge in [-0.25, -0.2) is 19.2 Å². The van der Waals surface area contributed by atoms with E-state index in [4.69, 9.17) is 25.6 Å². The molecule has 2 unspecified atom stereocenters. The van der Waals surface area contributed by atoms with Crippen LogP contribution in [0.2, 0.25) is 0 Å². The fourth-order valence-electron chi connectivity index (χ4n) is 7.90. The van der Waals surface area contributed by atoms with E-state index in [-0.39, 0.29) is 58.9 Å². The van der Waals surface area contributed by atoms with Crippen molar-refractivity contribution >= 4 is 81.1 Å². The Kier molecular flexibility index (Phi) is 13.7. The maximum absolute atomic E-state index is 13.8. The lowest BCUT2D eigenvalue weighted by atomic mass is 9.95. The average Bonchev–Trinajstić information content (AvgIpc) is 3.85. The van der Waals surface area contributed by atoms with Crippen LogP contribution in [0.1, 0.15) is 72.9 Å². The number of halogens is 1. The number of carbonyl (C=O) groups excluding carboxylic acids is 3. The number of amides is 3. The van der Waals surface area contributed by atoms with Gasteiger partial charge < -0.3 is 28.9 Å². The fraction of sp³-hybridized carbons (Fsp3) is 0.415. The first-order valence-electron chi connectivity index (χ1n) is 19.5. The van der Waals surface area contributed by atoms with Crippen molar-refractivity contribution < 1.29 is 47.8 Å². The molecule has 0 saturated carbocycles. The Morgan fingerprint density at radius 1 is 1.03 bits per heavy atom. The number of aliphatic hydroxyl groups excluding tert-OH is 1. The zero-order valence-electron chi connectivity index (χ0n) is 32.6. The van der Waals surface area contributed by atoms with Gasteiger partial charge in [0.25, 0.3) is 5.91 Å². The van der Waals surface area contributed by atoms with Gasteiger partial charge in [-0.3, -0.25) is 19.4 Å². The average molecular weight is 885 g/mol. The number of aryl methyl sites for hydroxylation is 1. The number of aliphatic hydroxyl groups is 1.